The van der Waals surface area contributed by atoms with E-state index in [9.17, 15) is 4.79 Å². The Morgan fingerprint density at radius 2 is 1.88 bits per heavy atom. The molecule has 4 nitrogen and oxygen atoms in total. The van der Waals surface area contributed by atoms with Crippen LogP contribution in [0.15, 0.2) is 24.3 Å². The van der Waals surface area contributed by atoms with Gasteiger partial charge in [0.15, 0.2) is 0 Å². The first-order chi connectivity index (χ1) is 11.8. The molecule has 0 unspecified atom stereocenters. The zero-order chi connectivity index (χ0) is 17.0. The van der Waals surface area contributed by atoms with Crippen LogP contribution < -0.4 is 10.1 Å². The second kappa shape index (κ2) is 11.1. The van der Waals surface area contributed by atoms with Gasteiger partial charge in [-0.05, 0) is 24.5 Å². The van der Waals surface area contributed by atoms with Gasteiger partial charge in [-0.3, -0.25) is 4.79 Å². The van der Waals surface area contributed by atoms with Crippen LogP contribution in [0.3, 0.4) is 0 Å². The summed E-state index contributed by atoms with van der Waals surface area (Å²) in [7, 11) is 0. The standard InChI is InChI=1S/C20H32N2O2/c1-2-3-4-5-8-17-24-19-10-7-6-9-18(19)11-12-20(23)22-15-13-21-14-16-22/h6-7,9-10,21H,2-5,8,11-17H2,1H3. The molecule has 1 aromatic rings. The summed E-state index contributed by atoms with van der Waals surface area (Å²) in [6, 6.07) is 8.14. The molecule has 0 saturated carbocycles. The Kier molecular flexibility index (Phi) is 8.67. The number of aryl methyl sites for hydroxylation is 1. The number of nitrogens with one attached hydrogen (secondary N) is 1. The van der Waals surface area contributed by atoms with Crippen LogP contribution in [0.4, 0.5) is 0 Å². The number of benzene rings is 1. The van der Waals surface area contributed by atoms with Crippen LogP contribution in [-0.2, 0) is 11.2 Å². The van der Waals surface area contributed by atoms with Crippen LogP contribution >= 0.6 is 0 Å². The second-order valence-corrected chi connectivity index (χ2v) is 6.50. The number of amides is 1. The van der Waals surface area contributed by atoms with Gasteiger partial charge in [-0.1, -0.05) is 50.8 Å². The third-order valence-corrected chi connectivity index (χ3v) is 4.56. The van der Waals surface area contributed by atoms with Crippen molar-refractivity contribution in [1.82, 2.24) is 10.2 Å². The molecule has 4 heteroatoms. The second-order valence-electron chi connectivity index (χ2n) is 6.50. The van der Waals surface area contributed by atoms with Crippen molar-refractivity contribution in [3.63, 3.8) is 0 Å². The highest BCUT2D eigenvalue weighted by Crippen LogP contribution is 2.20. The van der Waals surface area contributed by atoms with Gasteiger partial charge in [0.2, 0.25) is 5.91 Å². The number of rotatable bonds is 10. The lowest BCUT2D eigenvalue weighted by Gasteiger charge is -2.27. The maximum Gasteiger partial charge on any atom is 0.222 e. The van der Waals surface area contributed by atoms with E-state index in [1.165, 1.54) is 25.7 Å². The molecule has 0 radical (unpaired) electrons. The van der Waals surface area contributed by atoms with E-state index < -0.39 is 0 Å². The average Bonchev–Trinajstić information content (AvgIpc) is 2.64. The molecule has 1 saturated heterocycles. The topological polar surface area (TPSA) is 41.6 Å². The first kappa shape index (κ1) is 18.8. The van der Waals surface area contributed by atoms with Gasteiger partial charge in [0.25, 0.3) is 0 Å². The molecular formula is C20H32N2O2. The van der Waals surface area contributed by atoms with E-state index in [-0.39, 0.29) is 5.91 Å². The van der Waals surface area contributed by atoms with Crippen LogP contribution in [-0.4, -0.2) is 43.6 Å². The predicted octanol–water partition coefficient (Wildman–Crippen LogP) is 3.40. The van der Waals surface area contributed by atoms with E-state index in [4.69, 9.17) is 4.74 Å². The maximum atomic E-state index is 12.3. The normalized spacial score (nSPS) is 14.6. The summed E-state index contributed by atoms with van der Waals surface area (Å²) >= 11 is 0. The largest absolute Gasteiger partial charge is 0.493 e. The molecule has 0 atom stereocenters. The number of unbranched alkanes of at least 4 members (excludes halogenated alkanes) is 4. The molecule has 1 N–H and O–H groups in total. The quantitative estimate of drug-likeness (QED) is 0.668. The van der Waals surface area contributed by atoms with Crippen LogP contribution in [0.25, 0.3) is 0 Å². The van der Waals surface area contributed by atoms with Crippen molar-refractivity contribution in [2.45, 2.75) is 51.9 Å². The van der Waals surface area contributed by atoms with Crippen LogP contribution in [0.5, 0.6) is 5.75 Å². The zero-order valence-electron chi connectivity index (χ0n) is 15.1. The molecular weight excluding hydrogens is 300 g/mol. The molecule has 2 rings (SSSR count). The number of piperazine rings is 1. The van der Waals surface area contributed by atoms with Crippen molar-refractivity contribution in [3.8, 4) is 5.75 Å². The molecule has 0 aliphatic carbocycles. The van der Waals surface area contributed by atoms with E-state index in [1.807, 2.05) is 23.1 Å². The summed E-state index contributed by atoms with van der Waals surface area (Å²) in [4.78, 5) is 14.3. The van der Waals surface area contributed by atoms with E-state index in [2.05, 4.69) is 18.3 Å². The van der Waals surface area contributed by atoms with Crippen molar-refractivity contribution in [2.75, 3.05) is 32.8 Å². The first-order valence-electron chi connectivity index (χ1n) is 9.50. The molecule has 1 aromatic carbocycles. The average molecular weight is 332 g/mol. The Bertz CT molecular complexity index is 484. The minimum absolute atomic E-state index is 0.255. The lowest BCUT2D eigenvalue weighted by molar-refractivity contribution is -0.131. The Balaban J connectivity index is 1.74. The summed E-state index contributed by atoms with van der Waals surface area (Å²) in [6.45, 7) is 6.47. The smallest absolute Gasteiger partial charge is 0.222 e. The minimum atomic E-state index is 0.255. The third kappa shape index (κ3) is 6.52. The highest BCUT2D eigenvalue weighted by atomic mass is 16.5. The predicted molar refractivity (Wildman–Crippen MR) is 98.5 cm³/mol. The highest BCUT2D eigenvalue weighted by Gasteiger charge is 2.16. The van der Waals surface area contributed by atoms with E-state index >= 15 is 0 Å². The number of carbonyl (C=O) groups is 1. The highest BCUT2D eigenvalue weighted by molar-refractivity contribution is 5.76. The van der Waals surface area contributed by atoms with Crippen molar-refractivity contribution < 1.29 is 9.53 Å². The van der Waals surface area contributed by atoms with E-state index in [1.54, 1.807) is 0 Å². The summed E-state index contributed by atoms with van der Waals surface area (Å²) in [5.41, 5.74) is 1.15. The number of nitrogens with zero attached hydrogens (tertiary/aromatic N) is 1. The molecule has 1 aliphatic rings. The third-order valence-electron chi connectivity index (χ3n) is 4.56. The summed E-state index contributed by atoms with van der Waals surface area (Å²) < 4.78 is 5.96. The molecule has 134 valence electrons. The number of hydrogen-bond acceptors (Lipinski definition) is 3. The fourth-order valence-corrected chi connectivity index (χ4v) is 3.05. The molecule has 1 aliphatic heterocycles. The van der Waals surface area contributed by atoms with Crippen molar-refractivity contribution >= 4 is 5.91 Å². The van der Waals surface area contributed by atoms with Gasteiger partial charge in [-0.25, -0.2) is 0 Å². The van der Waals surface area contributed by atoms with Gasteiger partial charge in [-0.2, -0.15) is 0 Å². The van der Waals surface area contributed by atoms with E-state index in [0.717, 1.165) is 56.9 Å². The van der Waals surface area contributed by atoms with Gasteiger partial charge in [0.05, 0.1) is 6.61 Å². The lowest BCUT2D eigenvalue weighted by Crippen LogP contribution is -2.46. The Hall–Kier alpha value is -1.55. The van der Waals surface area contributed by atoms with Gasteiger partial charge in [-0.15, -0.1) is 0 Å². The van der Waals surface area contributed by atoms with E-state index in [0.29, 0.717) is 6.42 Å². The van der Waals surface area contributed by atoms with Gasteiger partial charge in [0.1, 0.15) is 5.75 Å². The summed E-state index contributed by atoms with van der Waals surface area (Å²) in [5, 5.41) is 3.28. The number of ether oxygens (including phenoxy) is 1. The number of hydrogen-bond donors (Lipinski definition) is 1. The van der Waals surface area contributed by atoms with Crippen molar-refractivity contribution in [1.29, 1.82) is 0 Å². The maximum absolute atomic E-state index is 12.3. The molecule has 0 aromatic heterocycles. The summed E-state index contributed by atoms with van der Waals surface area (Å²) in [5.74, 6) is 1.20. The molecule has 1 heterocycles. The summed E-state index contributed by atoms with van der Waals surface area (Å²) in [6.07, 6.45) is 7.54. The van der Waals surface area contributed by atoms with Gasteiger partial charge >= 0.3 is 0 Å². The van der Waals surface area contributed by atoms with Crippen molar-refractivity contribution in [2.24, 2.45) is 0 Å². The Morgan fingerprint density at radius 3 is 2.67 bits per heavy atom. The number of para-hydroxylation sites is 1. The SMILES string of the molecule is CCCCCCCOc1ccccc1CCC(=O)N1CCNCC1. The molecule has 1 fully saturated rings. The Morgan fingerprint density at radius 1 is 1.12 bits per heavy atom. The fraction of sp³-hybridized carbons (Fsp3) is 0.650. The first-order valence-corrected chi connectivity index (χ1v) is 9.50. The number of carbonyl (C=O) groups excluding carboxylic acids is 1. The van der Waals surface area contributed by atoms with Crippen molar-refractivity contribution in [3.05, 3.63) is 29.8 Å². The monoisotopic (exact) mass is 332 g/mol. The molecule has 0 spiro atoms. The van der Waals surface area contributed by atoms with Crippen LogP contribution in [0.2, 0.25) is 0 Å². The Labute approximate surface area is 146 Å². The molecule has 0 bridgehead atoms. The molecule has 1 amide bonds. The van der Waals surface area contributed by atoms with Gasteiger partial charge < -0.3 is 15.0 Å². The van der Waals surface area contributed by atoms with Gasteiger partial charge in [0, 0.05) is 32.6 Å². The minimum Gasteiger partial charge on any atom is -0.493 e. The van der Waals surface area contributed by atoms with Crippen LogP contribution in [0, 0.1) is 0 Å². The zero-order valence-corrected chi connectivity index (χ0v) is 15.1. The molecule has 24 heavy (non-hydrogen) atoms. The lowest BCUT2D eigenvalue weighted by atomic mass is 10.1. The van der Waals surface area contributed by atoms with Crippen LogP contribution in [0.1, 0.15) is 51.0 Å². The fourth-order valence-electron chi connectivity index (χ4n) is 3.05.